The van der Waals surface area contributed by atoms with Crippen LogP contribution >= 0.6 is 0 Å². The number of carboxylic acids is 1. The second-order valence-electron chi connectivity index (χ2n) is 4.33. The minimum Gasteiger partial charge on any atom is -0.488 e. The maximum atomic E-state index is 11.2. The fourth-order valence-electron chi connectivity index (χ4n) is 2.01. The normalized spacial score (nSPS) is 18.7. The molecule has 1 atom stereocenters. The van der Waals surface area contributed by atoms with Crippen LogP contribution in [0.15, 0.2) is 24.3 Å². The van der Waals surface area contributed by atoms with Gasteiger partial charge in [-0.15, -0.1) is 0 Å². The molecule has 1 saturated heterocycles. The van der Waals surface area contributed by atoms with Crippen molar-refractivity contribution in [3.63, 3.8) is 0 Å². The van der Waals surface area contributed by atoms with Crippen molar-refractivity contribution in [2.45, 2.75) is 19.4 Å². The van der Waals surface area contributed by atoms with Gasteiger partial charge in [-0.25, -0.2) is 4.79 Å². The Labute approximate surface area is 105 Å². The lowest BCUT2D eigenvalue weighted by atomic mass is 10.2. The van der Waals surface area contributed by atoms with Gasteiger partial charge in [0.1, 0.15) is 11.9 Å². The fraction of sp³-hybridized carbons (Fsp3) is 0.385. The third-order valence-electron chi connectivity index (χ3n) is 2.97. The molecule has 0 aliphatic carbocycles. The Bertz CT molecular complexity index is 472. The first-order valence-corrected chi connectivity index (χ1v) is 5.82. The second-order valence-corrected chi connectivity index (χ2v) is 4.33. The Morgan fingerprint density at radius 1 is 1.44 bits per heavy atom. The highest BCUT2D eigenvalue weighted by atomic mass is 16.5. The molecule has 96 valence electrons. The molecule has 0 aromatic heterocycles. The first-order valence-electron chi connectivity index (χ1n) is 5.82. The Morgan fingerprint density at radius 3 is 2.83 bits per heavy atom. The van der Waals surface area contributed by atoms with Crippen LogP contribution in [0.25, 0.3) is 0 Å². The zero-order valence-corrected chi connectivity index (χ0v) is 10.1. The summed E-state index contributed by atoms with van der Waals surface area (Å²) in [5.74, 6) is -0.400. The average molecular weight is 249 g/mol. The van der Waals surface area contributed by atoms with Gasteiger partial charge >= 0.3 is 5.97 Å². The first kappa shape index (κ1) is 12.4. The molecule has 2 rings (SSSR count). The Hall–Kier alpha value is -2.04. The third-order valence-corrected chi connectivity index (χ3v) is 2.97. The summed E-state index contributed by atoms with van der Waals surface area (Å²) in [7, 11) is 0. The van der Waals surface area contributed by atoms with Gasteiger partial charge in [-0.2, -0.15) is 0 Å². The van der Waals surface area contributed by atoms with Crippen molar-refractivity contribution in [1.82, 2.24) is 4.90 Å². The number of likely N-dealkylation sites (tertiary alicyclic amines) is 1. The number of benzene rings is 1. The quantitative estimate of drug-likeness (QED) is 0.879. The zero-order chi connectivity index (χ0) is 13.1. The summed E-state index contributed by atoms with van der Waals surface area (Å²) in [6.07, 6.45) is 0.717. The SMILES string of the molecule is CC(=O)N1CCC(Oc2cccc(C(=O)O)c2)C1. The van der Waals surface area contributed by atoms with Crippen molar-refractivity contribution >= 4 is 11.9 Å². The molecule has 5 nitrogen and oxygen atoms in total. The van der Waals surface area contributed by atoms with Gasteiger partial charge in [0.2, 0.25) is 5.91 Å². The van der Waals surface area contributed by atoms with E-state index in [0.29, 0.717) is 18.8 Å². The predicted molar refractivity (Wildman–Crippen MR) is 64.7 cm³/mol. The van der Waals surface area contributed by atoms with Crippen LogP contribution in [0, 0.1) is 0 Å². The number of ether oxygens (including phenoxy) is 1. The van der Waals surface area contributed by atoms with Crippen molar-refractivity contribution in [2.24, 2.45) is 0 Å². The number of amides is 1. The minimum absolute atomic E-state index is 0.0420. The number of hydrogen-bond donors (Lipinski definition) is 1. The van der Waals surface area contributed by atoms with Gasteiger partial charge in [0.15, 0.2) is 0 Å². The van der Waals surface area contributed by atoms with Gasteiger partial charge in [-0.1, -0.05) is 6.07 Å². The Balaban J connectivity index is 2.00. The fourth-order valence-corrected chi connectivity index (χ4v) is 2.01. The highest BCUT2D eigenvalue weighted by Crippen LogP contribution is 2.19. The molecule has 1 heterocycles. The summed E-state index contributed by atoms with van der Waals surface area (Å²) < 4.78 is 5.69. The summed E-state index contributed by atoms with van der Waals surface area (Å²) in [4.78, 5) is 23.7. The minimum atomic E-state index is -0.975. The van der Waals surface area contributed by atoms with Crippen LogP contribution in [-0.2, 0) is 4.79 Å². The number of carboxylic acid groups (broad SMARTS) is 1. The van der Waals surface area contributed by atoms with E-state index in [0.717, 1.165) is 6.42 Å². The van der Waals surface area contributed by atoms with Gasteiger partial charge in [0, 0.05) is 19.9 Å². The van der Waals surface area contributed by atoms with E-state index in [1.807, 2.05) is 0 Å². The van der Waals surface area contributed by atoms with Gasteiger partial charge in [-0.3, -0.25) is 4.79 Å². The monoisotopic (exact) mass is 249 g/mol. The highest BCUT2D eigenvalue weighted by molar-refractivity contribution is 5.88. The summed E-state index contributed by atoms with van der Waals surface area (Å²) in [6, 6.07) is 6.39. The number of carbonyl (C=O) groups excluding carboxylic acids is 1. The molecule has 0 bridgehead atoms. The Morgan fingerprint density at radius 2 is 2.22 bits per heavy atom. The predicted octanol–water partition coefficient (Wildman–Crippen LogP) is 1.38. The van der Waals surface area contributed by atoms with Crippen molar-refractivity contribution in [1.29, 1.82) is 0 Å². The number of hydrogen-bond acceptors (Lipinski definition) is 3. The lowest BCUT2D eigenvalue weighted by molar-refractivity contribution is -0.128. The molecule has 5 heteroatoms. The molecule has 1 N–H and O–H groups in total. The zero-order valence-electron chi connectivity index (χ0n) is 10.1. The lowest BCUT2D eigenvalue weighted by Gasteiger charge is -2.15. The largest absolute Gasteiger partial charge is 0.488 e. The van der Waals surface area contributed by atoms with Gasteiger partial charge in [0.25, 0.3) is 0 Å². The summed E-state index contributed by atoms with van der Waals surface area (Å²) in [5.41, 5.74) is 0.203. The van der Waals surface area contributed by atoms with Crippen LogP contribution in [0.4, 0.5) is 0 Å². The number of aromatic carboxylic acids is 1. The van der Waals surface area contributed by atoms with Crippen LogP contribution in [-0.4, -0.2) is 41.1 Å². The second kappa shape index (κ2) is 5.08. The van der Waals surface area contributed by atoms with E-state index in [2.05, 4.69) is 0 Å². The van der Waals surface area contributed by atoms with Crippen molar-refractivity contribution in [3.8, 4) is 5.75 Å². The van der Waals surface area contributed by atoms with E-state index in [1.54, 1.807) is 17.0 Å². The molecular formula is C13H15NO4. The van der Waals surface area contributed by atoms with Gasteiger partial charge in [0.05, 0.1) is 12.1 Å². The molecule has 1 aromatic carbocycles. The van der Waals surface area contributed by atoms with Gasteiger partial charge in [-0.05, 0) is 18.2 Å². The number of rotatable bonds is 3. The van der Waals surface area contributed by atoms with Crippen molar-refractivity contribution in [2.75, 3.05) is 13.1 Å². The molecule has 1 aliphatic rings. The first-order chi connectivity index (χ1) is 8.56. The maximum Gasteiger partial charge on any atom is 0.335 e. The third kappa shape index (κ3) is 2.80. The Kier molecular flexibility index (Phi) is 3.50. The molecule has 1 aromatic rings. The van der Waals surface area contributed by atoms with E-state index in [1.165, 1.54) is 19.1 Å². The smallest absolute Gasteiger partial charge is 0.335 e. The lowest BCUT2D eigenvalue weighted by Crippen LogP contribution is -2.28. The van der Waals surface area contributed by atoms with Crippen LogP contribution < -0.4 is 4.74 Å². The summed E-state index contributed by atoms with van der Waals surface area (Å²) in [6.45, 7) is 2.79. The van der Waals surface area contributed by atoms with E-state index in [9.17, 15) is 9.59 Å². The molecule has 0 spiro atoms. The summed E-state index contributed by atoms with van der Waals surface area (Å²) >= 11 is 0. The highest BCUT2D eigenvalue weighted by Gasteiger charge is 2.25. The van der Waals surface area contributed by atoms with E-state index in [-0.39, 0.29) is 17.6 Å². The number of carbonyl (C=O) groups is 2. The standard InChI is InChI=1S/C13H15NO4/c1-9(15)14-6-5-12(8-14)18-11-4-2-3-10(7-11)13(16)17/h2-4,7,12H,5-6,8H2,1H3,(H,16,17). The van der Waals surface area contributed by atoms with Crippen LogP contribution in [0.5, 0.6) is 5.75 Å². The maximum absolute atomic E-state index is 11.2. The van der Waals surface area contributed by atoms with Crippen LogP contribution in [0.1, 0.15) is 23.7 Å². The van der Waals surface area contributed by atoms with Crippen molar-refractivity contribution < 1.29 is 19.4 Å². The van der Waals surface area contributed by atoms with Crippen LogP contribution in [0.3, 0.4) is 0 Å². The molecule has 1 aliphatic heterocycles. The molecule has 0 saturated carbocycles. The average Bonchev–Trinajstić information content (AvgIpc) is 2.78. The molecule has 18 heavy (non-hydrogen) atoms. The molecule has 1 amide bonds. The van der Waals surface area contributed by atoms with Crippen molar-refractivity contribution in [3.05, 3.63) is 29.8 Å². The van der Waals surface area contributed by atoms with E-state index in [4.69, 9.17) is 9.84 Å². The van der Waals surface area contributed by atoms with E-state index >= 15 is 0 Å². The van der Waals surface area contributed by atoms with Gasteiger partial charge < -0.3 is 14.7 Å². The molecule has 1 unspecified atom stereocenters. The number of nitrogens with zero attached hydrogens (tertiary/aromatic N) is 1. The molecule has 1 fully saturated rings. The summed E-state index contributed by atoms with van der Waals surface area (Å²) in [5, 5.41) is 8.88. The topological polar surface area (TPSA) is 66.8 Å². The molecular weight excluding hydrogens is 234 g/mol. The van der Waals surface area contributed by atoms with Crippen LogP contribution in [0.2, 0.25) is 0 Å². The van der Waals surface area contributed by atoms with E-state index < -0.39 is 5.97 Å². The molecule has 0 radical (unpaired) electrons.